The molecule has 1 spiro atoms. The largest absolute Gasteiger partial charge is 0.306 e. The Hall–Kier alpha value is -0.0800. The molecule has 1 N–H and O–H groups in total. The first-order valence-corrected chi connectivity index (χ1v) is 4.50. The van der Waals surface area contributed by atoms with E-state index in [2.05, 4.69) is 5.32 Å². The highest BCUT2D eigenvalue weighted by atomic mass is 35.5. The Labute approximate surface area is 71.3 Å². The number of carbonyl (C=O) groups is 1. The normalized spacial score (nSPS) is 26.6. The van der Waals surface area contributed by atoms with E-state index in [-0.39, 0.29) is 5.24 Å². The third-order valence-corrected chi connectivity index (χ3v) is 2.98. The molecule has 0 unspecified atom stereocenters. The van der Waals surface area contributed by atoms with Gasteiger partial charge in [0.1, 0.15) is 0 Å². The van der Waals surface area contributed by atoms with Crippen LogP contribution in [0.5, 0.6) is 0 Å². The fraction of sp³-hybridized carbons (Fsp3) is 0.875. The van der Waals surface area contributed by atoms with Gasteiger partial charge in [-0.15, -0.1) is 0 Å². The highest BCUT2D eigenvalue weighted by molar-refractivity contribution is 6.64. The summed E-state index contributed by atoms with van der Waals surface area (Å²) in [6, 6.07) is 0.570. The van der Waals surface area contributed by atoms with Crippen molar-refractivity contribution in [2.75, 3.05) is 6.54 Å². The monoisotopic (exact) mass is 173 g/mol. The van der Waals surface area contributed by atoms with Crippen LogP contribution in [0.2, 0.25) is 0 Å². The average molecular weight is 174 g/mol. The van der Waals surface area contributed by atoms with Crippen molar-refractivity contribution in [1.29, 1.82) is 0 Å². The van der Waals surface area contributed by atoms with Crippen LogP contribution in [-0.4, -0.2) is 17.8 Å². The van der Waals surface area contributed by atoms with Gasteiger partial charge in [-0.2, -0.15) is 0 Å². The molecular formula is C8H12ClNO. The Kier molecular flexibility index (Phi) is 1.69. The summed E-state index contributed by atoms with van der Waals surface area (Å²) in [5.41, 5.74) is 0.715. The minimum absolute atomic E-state index is 0.276. The summed E-state index contributed by atoms with van der Waals surface area (Å²) in [6.07, 6.45) is 5.33. The third-order valence-electron chi connectivity index (χ3n) is 2.85. The zero-order chi connectivity index (χ0) is 7.90. The first-order chi connectivity index (χ1) is 5.20. The maximum atomic E-state index is 10.4. The van der Waals surface area contributed by atoms with Crippen LogP contribution in [0, 0.1) is 5.41 Å². The van der Waals surface area contributed by atoms with Crippen molar-refractivity contribution >= 4 is 16.8 Å². The molecule has 0 aromatic heterocycles. The molecule has 2 aliphatic rings. The molecule has 2 rings (SSSR count). The van der Waals surface area contributed by atoms with E-state index in [0.717, 1.165) is 0 Å². The second-order valence-electron chi connectivity index (χ2n) is 3.84. The molecule has 2 saturated carbocycles. The SMILES string of the molecule is O=C(Cl)CNC1CC2(CC2)C1. The molecule has 0 aromatic rings. The van der Waals surface area contributed by atoms with Crippen molar-refractivity contribution in [3.8, 4) is 0 Å². The van der Waals surface area contributed by atoms with Crippen molar-refractivity contribution < 1.29 is 4.79 Å². The predicted octanol–water partition coefficient (Wildman–Crippen LogP) is 1.28. The van der Waals surface area contributed by atoms with Crippen LogP contribution in [0.25, 0.3) is 0 Å². The smallest absolute Gasteiger partial charge is 0.235 e. The number of hydrogen-bond acceptors (Lipinski definition) is 2. The van der Waals surface area contributed by atoms with E-state index in [4.69, 9.17) is 11.6 Å². The van der Waals surface area contributed by atoms with E-state index in [1.807, 2.05) is 0 Å². The second-order valence-corrected chi connectivity index (χ2v) is 4.26. The van der Waals surface area contributed by atoms with E-state index >= 15 is 0 Å². The molecule has 2 aliphatic carbocycles. The van der Waals surface area contributed by atoms with Gasteiger partial charge in [0.15, 0.2) is 0 Å². The number of hydrogen-bond donors (Lipinski definition) is 1. The van der Waals surface area contributed by atoms with Crippen molar-refractivity contribution in [3.05, 3.63) is 0 Å². The maximum Gasteiger partial charge on any atom is 0.235 e. The average Bonchev–Trinajstić information content (AvgIpc) is 2.58. The Morgan fingerprint density at radius 2 is 2.18 bits per heavy atom. The fourth-order valence-corrected chi connectivity index (χ4v) is 2.02. The third kappa shape index (κ3) is 1.57. The lowest BCUT2D eigenvalue weighted by molar-refractivity contribution is -0.111. The summed E-state index contributed by atoms with van der Waals surface area (Å²) < 4.78 is 0. The van der Waals surface area contributed by atoms with Gasteiger partial charge in [0, 0.05) is 6.04 Å². The van der Waals surface area contributed by atoms with Crippen molar-refractivity contribution in [3.63, 3.8) is 0 Å². The molecule has 0 aliphatic heterocycles. The molecule has 0 amide bonds. The van der Waals surface area contributed by atoms with Crippen molar-refractivity contribution in [1.82, 2.24) is 5.32 Å². The van der Waals surface area contributed by atoms with Gasteiger partial charge >= 0.3 is 0 Å². The Morgan fingerprint density at radius 1 is 1.55 bits per heavy atom. The van der Waals surface area contributed by atoms with Crippen LogP contribution >= 0.6 is 11.6 Å². The minimum Gasteiger partial charge on any atom is -0.306 e. The Morgan fingerprint density at radius 3 is 2.64 bits per heavy atom. The molecule has 62 valence electrons. The van der Waals surface area contributed by atoms with Crippen LogP contribution in [0.1, 0.15) is 25.7 Å². The van der Waals surface area contributed by atoms with Gasteiger partial charge < -0.3 is 5.32 Å². The topological polar surface area (TPSA) is 29.1 Å². The number of carbonyl (C=O) groups excluding carboxylic acids is 1. The summed E-state index contributed by atoms with van der Waals surface area (Å²) in [5, 5.41) is 2.86. The summed E-state index contributed by atoms with van der Waals surface area (Å²) in [6.45, 7) is 0.336. The fourth-order valence-electron chi connectivity index (χ4n) is 1.94. The first kappa shape index (κ1) is 7.56. The predicted molar refractivity (Wildman–Crippen MR) is 43.6 cm³/mol. The highest BCUT2D eigenvalue weighted by Crippen LogP contribution is 2.60. The van der Waals surface area contributed by atoms with E-state index < -0.39 is 0 Å². The molecule has 0 radical (unpaired) electrons. The van der Waals surface area contributed by atoms with Gasteiger partial charge in [0.05, 0.1) is 6.54 Å². The van der Waals surface area contributed by atoms with Gasteiger partial charge in [-0.1, -0.05) is 0 Å². The van der Waals surface area contributed by atoms with Crippen molar-refractivity contribution in [2.24, 2.45) is 5.41 Å². The van der Waals surface area contributed by atoms with Crippen LogP contribution in [0.3, 0.4) is 0 Å². The van der Waals surface area contributed by atoms with E-state index in [1.54, 1.807) is 0 Å². The zero-order valence-corrected chi connectivity index (χ0v) is 7.16. The molecule has 0 aromatic carbocycles. The maximum absolute atomic E-state index is 10.4. The molecule has 0 bridgehead atoms. The molecule has 0 saturated heterocycles. The van der Waals surface area contributed by atoms with Crippen LogP contribution in [0.15, 0.2) is 0 Å². The standard InChI is InChI=1S/C8H12ClNO/c9-7(11)5-10-6-3-8(4-6)1-2-8/h6,10H,1-5H2. The van der Waals surface area contributed by atoms with Crippen LogP contribution in [-0.2, 0) is 4.79 Å². The minimum atomic E-state index is -0.276. The Bertz CT molecular complexity index is 181. The van der Waals surface area contributed by atoms with Crippen LogP contribution < -0.4 is 5.32 Å². The van der Waals surface area contributed by atoms with Gasteiger partial charge in [-0.25, -0.2) is 0 Å². The molecule has 0 heterocycles. The van der Waals surface area contributed by atoms with Gasteiger partial charge in [0.25, 0.3) is 0 Å². The Balaban J connectivity index is 1.63. The summed E-state index contributed by atoms with van der Waals surface area (Å²) in [5.74, 6) is 0. The van der Waals surface area contributed by atoms with E-state index in [1.165, 1.54) is 25.7 Å². The molecular weight excluding hydrogens is 162 g/mol. The number of nitrogens with one attached hydrogen (secondary N) is 1. The van der Waals surface area contributed by atoms with Gasteiger partial charge in [0.2, 0.25) is 5.24 Å². The lowest BCUT2D eigenvalue weighted by Gasteiger charge is -2.36. The summed E-state index contributed by atoms with van der Waals surface area (Å²) in [7, 11) is 0. The van der Waals surface area contributed by atoms with Gasteiger partial charge in [-0.05, 0) is 42.7 Å². The molecule has 11 heavy (non-hydrogen) atoms. The first-order valence-electron chi connectivity index (χ1n) is 4.12. The quantitative estimate of drug-likeness (QED) is 0.652. The second kappa shape index (κ2) is 2.46. The van der Waals surface area contributed by atoms with Gasteiger partial charge in [-0.3, -0.25) is 4.79 Å². The lowest BCUT2D eigenvalue weighted by atomic mass is 9.77. The number of rotatable bonds is 3. The molecule has 3 heteroatoms. The molecule has 0 atom stereocenters. The lowest BCUT2D eigenvalue weighted by Crippen LogP contribution is -2.43. The summed E-state index contributed by atoms with van der Waals surface area (Å²) in [4.78, 5) is 10.4. The molecule has 2 fully saturated rings. The van der Waals surface area contributed by atoms with E-state index in [9.17, 15) is 4.79 Å². The van der Waals surface area contributed by atoms with Crippen LogP contribution in [0.4, 0.5) is 0 Å². The zero-order valence-electron chi connectivity index (χ0n) is 6.40. The molecule has 2 nitrogen and oxygen atoms in total. The highest BCUT2D eigenvalue weighted by Gasteiger charge is 2.52. The number of halogens is 1. The van der Waals surface area contributed by atoms with E-state index in [0.29, 0.717) is 18.0 Å². The summed E-state index contributed by atoms with van der Waals surface area (Å²) >= 11 is 5.19. The van der Waals surface area contributed by atoms with Crippen molar-refractivity contribution in [2.45, 2.75) is 31.7 Å².